The molecule has 0 aliphatic carbocycles. The molecule has 3 rings (SSSR count). The van der Waals surface area contributed by atoms with Crippen molar-refractivity contribution in [2.24, 2.45) is 0 Å². The van der Waals surface area contributed by atoms with Crippen LogP contribution in [0.3, 0.4) is 0 Å². The van der Waals surface area contributed by atoms with Gasteiger partial charge in [-0.25, -0.2) is 0 Å². The van der Waals surface area contributed by atoms with E-state index in [9.17, 15) is 4.79 Å². The third-order valence-electron chi connectivity index (χ3n) is 4.24. The van der Waals surface area contributed by atoms with Gasteiger partial charge >= 0.3 is 0 Å². The summed E-state index contributed by atoms with van der Waals surface area (Å²) in [6.07, 6.45) is 4.04. The number of amides is 1. The van der Waals surface area contributed by atoms with Crippen molar-refractivity contribution in [3.8, 4) is 0 Å². The van der Waals surface area contributed by atoms with Gasteiger partial charge in [0.25, 0.3) is 0 Å². The molecule has 1 fully saturated rings. The number of rotatable bonds is 4. The molecular formula is C19H20Cl2N2O. The Morgan fingerprint density at radius 1 is 1.00 bits per heavy atom. The van der Waals surface area contributed by atoms with Crippen LogP contribution in [0.5, 0.6) is 0 Å². The maximum Gasteiger partial charge on any atom is 0.228 e. The van der Waals surface area contributed by atoms with Crippen molar-refractivity contribution in [2.75, 3.05) is 23.3 Å². The number of benzene rings is 2. The summed E-state index contributed by atoms with van der Waals surface area (Å²) >= 11 is 12.0. The molecule has 1 aliphatic rings. The fourth-order valence-electron chi connectivity index (χ4n) is 2.95. The van der Waals surface area contributed by atoms with Crippen LogP contribution in [-0.4, -0.2) is 19.0 Å². The first-order valence-electron chi connectivity index (χ1n) is 8.20. The largest absolute Gasteiger partial charge is 0.372 e. The first-order valence-corrected chi connectivity index (χ1v) is 8.96. The first kappa shape index (κ1) is 17.1. The predicted molar refractivity (Wildman–Crippen MR) is 101 cm³/mol. The monoisotopic (exact) mass is 362 g/mol. The summed E-state index contributed by atoms with van der Waals surface area (Å²) in [7, 11) is 0. The van der Waals surface area contributed by atoms with E-state index in [0.717, 1.165) is 24.3 Å². The Morgan fingerprint density at radius 3 is 2.38 bits per heavy atom. The minimum Gasteiger partial charge on any atom is -0.372 e. The molecule has 0 saturated carbocycles. The minimum absolute atomic E-state index is 0.0926. The molecule has 0 unspecified atom stereocenters. The van der Waals surface area contributed by atoms with E-state index < -0.39 is 0 Å². The Hall–Kier alpha value is -1.71. The molecule has 3 nitrogen and oxygen atoms in total. The first-order chi connectivity index (χ1) is 11.6. The Labute approximate surface area is 152 Å². The van der Waals surface area contributed by atoms with Gasteiger partial charge in [0.05, 0.1) is 6.42 Å². The van der Waals surface area contributed by atoms with Crippen molar-refractivity contribution >= 4 is 40.5 Å². The van der Waals surface area contributed by atoms with Gasteiger partial charge in [-0.15, -0.1) is 0 Å². The van der Waals surface area contributed by atoms with Gasteiger partial charge in [-0.05, 0) is 61.2 Å². The average molecular weight is 363 g/mol. The maximum absolute atomic E-state index is 12.2. The van der Waals surface area contributed by atoms with Crippen molar-refractivity contribution in [1.82, 2.24) is 0 Å². The van der Waals surface area contributed by atoms with Gasteiger partial charge in [0, 0.05) is 34.5 Å². The third-order valence-corrected chi connectivity index (χ3v) is 4.83. The number of piperidine rings is 1. The van der Waals surface area contributed by atoms with Crippen LogP contribution in [0, 0.1) is 0 Å². The van der Waals surface area contributed by atoms with Gasteiger partial charge in [-0.2, -0.15) is 0 Å². The SMILES string of the molecule is O=C(Cc1ccc(Cl)cc1Cl)Nc1ccc(N2CCCCC2)cc1. The molecule has 1 aliphatic heterocycles. The zero-order valence-corrected chi connectivity index (χ0v) is 14.9. The van der Waals surface area contributed by atoms with E-state index in [1.807, 2.05) is 12.1 Å². The topological polar surface area (TPSA) is 32.3 Å². The van der Waals surface area contributed by atoms with Crippen molar-refractivity contribution < 1.29 is 4.79 Å². The molecule has 2 aromatic rings. The summed E-state index contributed by atoms with van der Waals surface area (Å²) < 4.78 is 0. The third kappa shape index (κ3) is 4.43. The molecule has 1 saturated heterocycles. The lowest BCUT2D eigenvalue weighted by atomic mass is 10.1. The number of nitrogens with one attached hydrogen (secondary N) is 1. The number of carbonyl (C=O) groups excluding carboxylic acids is 1. The fraction of sp³-hybridized carbons (Fsp3) is 0.316. The Morgan fingerprint density at radius 2 is 1.71 bits per heavy atom. The maximum atomic E-state index is 12.2. The molecule has 0 radical (unpaired) electrons. The molecule has 1 N–H and O–H groups in total. The summed E-state index contributed by atoms with van der Waals surface area (Å²) in [5.41, 5.74) is 2.78. The van der Waals surface area contributed by atoms with Crippen molar-refractivity contribution in [2.45, 2.75) is 25.7 Å². The lowest BCUT2D eigenvalue weighted by Gasteiger charge is -2.28. The minimum atomic E-state index is -0.0926. The second kappa shape index (κ2) is 7.91. The van der Waals surface area contributed by atoms with Crippen molar-refractivity contribution in [3.63, 3.8) is 0 Å². The highest BCUT2D eigenvalue weighted by Crippen LogP contribution is 2.23. The van der Waals surface area contributed by atoms with Crippen LogP contribution in [0.1, 0.15) is 24.8 Å². The molecule has 5 heteroatoms. The van der Waals surface area contributed by atoms with E-state index in [0.29, 0.717) is 10.0 Å². The lowest BCUT2D eigenvalue weighted by molar-refractivity contribution is -0.115. The molecule has 0 bridgehead atoms. The molecule has 0 atom stereocenters. The van der Waals surface area contributed by atoms with Gasteiger partial charge < -0.3 is 10.2 Å². The molecule has 126 valence electrons. The van der Waals surface area contributed by atoms with Gasteiger partial charge in [-0.1, -0.05) is 29.3 Å². The quantitative estimate of drug-likeness (QED) is 0.813. The van der Waals surface area contributed by atoms with Crippen LogP contribution in [0.25, 0.3) is 0 Å². The smallest absolute Gasteiger partial charge is 0.228 e. The zero-order chi connectivity index (χ0) is 16.9. The highest BCUT2D eigenvalue weighted by Gasteiger charge is 2.11. The second-order valence-electron chi connectivity index (χ2n) is 6.06. The highest BCUT2D eigenvalue weighted by molar-refractivity contribution is 6.35. The standard InChI is InChI=1S/C19H20Cl2N2O/c20-15-5-4-14(18(21)13-15)12-19(24)22-16-6-8-17(9-7-16)23-10-2-1-3-11-23/h4-9,13H,1-3,10-12H2,(H,22,24). The summed E-state index contributed by atoms with van der Waals surface area (Å²) in [6, 6.07) is 13.2. The predicted octanol–water partition coefficient (Wildman–Crippen LogP) is 5.16. The molecule has 1 heterocycles. The average Bonchev–Trinajstić information content (AvgIpc) is 2.59. The van der Waals surface area contributed by atoms with Crippen LogP contribution in [0.15, 0.2) is 42.5 Å². The van der Waals surface area contributed by atoms with Gasteiger partial charge in [0.1, 0.15) is 0 Å². The summed E-state index contributed by atoms with van der Waals surface area (Å²) in [5.74, 6) is -0.0926. The summed E-state index contributed by atoms with van der Waals surface area (Å²) in [6.45, 7) is 2.22. The molecule has 1 amide bonds. The fourth-order valence-corrected chi connectivity index (χ4v) is 3.43. The van der Waals surface area contributed by atoms with Crippen LogP contribution in [0.4, 0.5) is 11.4 Å². The normalized spacial score (nSPS) is 14.5. The Bertz CT molecular complexity index is 710. The van der Waals surface area contributed by atoms with Crippen LogP contribution in [0.2, 0.25) is 10.0 Å². The highest BCUT2D eigenvalue weighted by atomic mass is 35.5. The van der Waals surface area contributed by atoms with Crippen LogP contribution >= 0.6 is 23.2 Å². The van der Waals surface area contributed by atoms with Gasteiger partial charge in [0.2, 0.25) is 5.91 Å². The van der Waals surface area contributed by atoms with Crippen molar-refractivity contribution in [1.29, 1.82) is 0 Å². The van der Waals surface area contributed by atoms with E-state index in [4.69, 9.17) is 23.2 Å². The Kier molecular flexibility index (Phi) is 5.64. The van der Waals surface area contributed by atoms with E-state index in [1.165, 1.54) is 24.9 Å². The van der Waals surface area contributed by atoms with Gasteiger partial charge in [-0.3, -0.25) is 4.79 Å². The van der Waals surface area contributed by atoms with Crippen LogP contribution in [-0.2, 0) is 11.2 Å². The zero-order valence-electron chi connectivity index (χ0n) is 13.4. The van der Waals surface area contributed by atoms with Crippen molar-refractivity contribution in [3.05, 3.63) is 58.1 Å². The number of carbonyl (C=O) groups is 1. The van der Waals surface area contributed by atoms with E-state index in [-0.39, 0.29) is 12.3 Å². The van der Waals surface area contributed by atoms with E-state index in [1.54, 1.807) is 18.2 Å². The molecular weight excluding hydrogens is 343 g/mol. The second-order valence-corrected chi connectivity index (χ2v) is 6.90. The molecule has 0 spiro atoms. The number of hydrogen-bond donors (Lipinski definition) is 1. The van der Waals surface area contributed by atoms with Gasteiger partial charge in [0.15, 0.2) is 0 Å². The molecule has 2 aromatic carbocycles. The number of anilines is 2. The number of halogens is 2. The Balaban J connectivity index is 1.59. The summed E-state index contributed by atoms with van der Waals surface area (Å²) in [4.78, 5) is 14.6. The molecule has 24 heavy (non-hydrogen) atoms. The number of nitrogens with zero attached hydrogens (tertiary/aromatic N) is 1. The van der Waals surface area contributed by atoms with Crippen LogP contribution < -0.4 is 10.2 Å². The van der Waals surface area contributed by atoms with E-state index in [2.05, 4.69) is 22.3 Å². The molecule has 0 aromatic heterocycles. The van der Waals surface area contributed by atoms with E-state index >= 15 is 0 Å². The number of hydrogen-bond acceptors (Lipinski definition) is 2. The summed E-state index contributed by atoms with van der Waals surface area (Å²) in [5, 5.41) is 3.99. The lowest BCUT2D eigenvalue weighted by Crippen LogP contribution is -2.29.